The summed E-state index contributed by atoms with van der Waals surface area (Å²) >= 11 is 6.51. The Morgan fingerprint density at radius 3 is 2.05 bits per heavy atom. The molecule has 0 saturated carbocycles. The number of rotatable bonds is 5. The minimum absolute atomic E-state index is 0.0494. The van der Waals surface area contributed by atoms with Gasteiger partial charge in [-0.25, -0.2) is 0 Å². The van der Waals surface area contributed by atoms with Crippen molar-refractivity contribution in [3.8, 4) is 0 Å². The molecule has 2 atom stereocenters. The van der Waals surface area contributed by atoms with Crippen molar-refractivity contribution in [3.05, 3.63) is 71.3 Å². The summed E-state index contributed by atoms with van der Waals surface area (Å²) < 4.78 is 0. The third kappa shape index (κ3) is 3.84. The molecule has 0 radical (unpaired) electrons. The lowest BCUT2D eigenvalue weighted by Crippen LogP contribution is -1.97. The Labute approximate surface area is 121 Å². The lowest BCUT2D eigenvalue weighted by molar-refractivity contribution is 0.732. The maximum Gasteiger partial charge on any atom is 0.0625 e. The Morgan fingerprint density at radius 2 is 1.47 bits per heavy atom. The molecule has 2 rings (SSSR count). The molecule has 2 aromatic rings. The highest BCUT2D eigenvalue weighted by atomic mass is 35.5. The van der Waals surface area contributed by atoms with E-state index in [2.05, 4.69) is 62.4 Å². The second-order valence-electron chi connectivity index (χ2n) is 5.13. The number of benzene rings is 2. The minimum atomic E-state index is 0.0494. The first-order valence-electron chi connectivity index (χ1n) is 6.98. The van der Waals surface area contributed by atoms with E-state index < -0.39 is 0 Å². The molecule has 0 aliphatic rings. The van der Waals surface area contributed by atoms with Gasteiger partial charge in [0.1, 0.15) is 0 Å². The van der Waals surface area contributed by atoms with Crippen molar-refractivity contribution < 1.29 is 0 Å². The molecular formula is C18H21Cl. The molecule has 1 heteroatoms. The van der Waals surface area contributed by atoms with Gasteiger partial charge in [0.15, 0.2) is 0 Å². The van der Waals surface area contributed by atoms with E-state index in [0.29, 0.717) is 5.92 Å². The van der Waals surface area contributed by atoms with Crippen molar-refractivity contribution in [2.24, 2.45) is 0 Å². The van der Waals surface area contributed by atoms with Crippen LogP contribution < -0.4 is 0 Å². The van der Waals surface area contributed by atoms with E-state index in [9.17, 15) is 0 Å². The van der Waals surface area contributed by atoms with Gasteiger partial charge < -0.3 is 0 Å². The van der Waals surface area contributed by atoms with Crippen molar-refractivity contribution >= 4 is 11.6 Å². The molecule has 0 aliphatic carbocycles. The number of alkyl halides is 1. The van der Waals surface area contributed by atoms with E-state index in [1.54, 1.807) is 0 Å². The smallest absolute Gasteiger partial charge is 0.0625 e. The Kier molecular flexibility index (Phi) is 5.04. The lowest BCUT2D eigenvalue weighted by Gasteiger charge is -2.13. The standard InChI is InChI=1S/C18H21Cl/c1-3-14(2)16-9-11-17(12-10-16)18(19)13-15-7-5-4-6-8-15/h4-12,14,18H,3,13H2,1-2H3. The predicted molar refractivity (Wildman–Crippen MR) is 83.9 cm³/mol. The van der Waals surface area contributed by atoms with Gasteiger partial charge in [0.25, 0.3) is 0 Å². The predicted octanol–water partition coefficient (Wildman–Crippen LogP) is 5.72. The van der Waals surface area contributed by atoms with Crippen molar-refractivity contribution in [1.82, 2.24) is 0 Å². The molecule has 2 unspecified atom stereocenters. The van der Waals surface area contributed by atoms with Gasteiger partial charge in [-0.3, -0.25) is 0 Å². The third-order valence-corrected chi connectivity index (χ3v) is 4.14. The quantitative estimate of drug-likeness (QED) is 0.611. The summed E-state index contributed by atoms with van der Waals surface area (Å²) in [5.41, 5.74) is 3.89. The Bertz CT molecular complexity index is 487. The molecule has 2 aromatic carbocycles. The first-order chi connectivity index (χ1) is 9.20. The summed E-state index contributed by atoms with van der Waals surface area (Å²) in [4.78, 5) is 0. The fourth-order valence-corrected chi connectivity index (χ4v) is 2.53. The van der Waals surface area contributed by atoms with Crippen LogP contribution in [0.4, 0.5) is 0 Å². The molecule has 100 valence electrons. The maximum atomic E-state index is 6.51. The van der Waals surface area contributed by atoms with Crippen LogP contribution in [-0.4, -0.2) is 0 Å². The highest BCUT2D eigenvalue weighted by Crippen LogP contribution is 2.27. The highest BCUT2D eigenvalue weighted by Gasteiger charge is 2.10. The maximum absolute atomic E-state index is 6.51. The monoisotopic (exact) mass is 272 g/mol. The van der Waals surface area contributed by atoms with Crippen LogP contribution in [0.3, 0.4) is 0 Å². The summed E-state index contributed by atoms with van der Waals surface area (Å²) in [6, 6.07) is 19.2. The molecular weight excluding hydrogens is 252 g/mol. The summed E-state index contributed by atoms with van der Waals surface area (Å²) in [5, 5.41) is 0.0494. The molecule has 0 heterocycles. The first-order valence-corrected chi connectivity index (χ1v) is 7.42. The van der Waals surface area contributed by atoms with Crippen LogP contribution in [0.25, 0.3) is 0 Å². The van der Waals surface area contributed by atoms with Crippen molar-refractivity contribution in [3.63, 3.8) is 0 Å². The topological polar surface area (TPSA) is 0 Å². The van der Waals surface area contributed by atoms with Crippen LogP contribution >= 0.6 is 11.6 Å². The molecule has 0 saturated heterocycles. The average Bonchev–Trinajstić information content (AvgIpc) is 2.47. The second kappa shape index (κ2) is 6.77. The van der Waals surface area contributed by atoms with E-state index in [0.717, 1.165) is 6.42 Å². The van der Waals surface area contributed by atoms with Gasteiger partial charge in [-0.05, 0) is 35.4 Å². The molecule has 0 bridgehead atoms. The number of halogens is 1. The SMILES string of the molecule is CCC(C)c1ccc(C(Cl)Cc2ccccc2)cc1. The molecule has 0 aliphatic heterocycles. The van der Waals surface area contributed by atoms with Crippen LogP contribution in [0.1, 0.15) is 48.3 Å². The fraction of sp³-hybridized carbons (Fsp3) is 0.333. The Hall–Kier alpha value is -1.27. The van der Waals surface area contributed by atoms with E-state index in [1.807, 2.05) is 6.07 Å². The number of hydrogen-bond acceptors (Lipinski definition) is 0. The van der Waals surface area contributed by atoms with Crippen molar-refractivity contribution in [2.75, 3.05) is 0 Å². The third-order valence-electron chi connectivity index (χ3n) is 3.74. The average molecular weight is 273 g/mol. The molecule has 19 heavy (non-hydrogen) atoms. The molecule has 0 spiro atoms. The van der Waals surface area contributed by atoms with Crippen molar-refractivity contribution in [2.45, 2.75) is 38.0 Å². The van der Waals surface area contributed by atoms with Crippen LogP contribution in [0.5, 0.6) is 0 Å². The zero-order valence-corrected chi connectivity index (χ0v) is 12.4. The molecule has 0 aromatic heterocycles. The van der Waals surface area contributed by atoms with Crippen LogP contribution in [0, 0.1) is 0 Å². The summed E-state index contributed by atoms with van der Waals surface area (Å²) in [5.74, 6) is 0.622. The van der Waals surface area contributed by atoms with Gasteiger partial charge in [-0.1, -0.05) is 68.4 Å². The molecule has 0 amide bonds. The molecule has 0 fully saturated rings. The summed E-state index contributed by atoms with van der Waals surface area (Å²) in [6.07, 6.45) is 2.05. The Balaban J connectivity index is 2.05. The number of hydrogen-bond donors (Lipinski definition) is 0. The van der Waals surface area contributed by atoms with Gasteiger partial charge in [0.2, 0.25) is 0 Å². The molecule has 0 nitrogen and oxygen atoms in total. The van der Waals surface area contributed by atoms with Crippen LogP contribution in [0.2, 0.25) is 0 Å². The van der Waals surface area contributed by atoms with Gasteiger partial charge in [0.05, 0.1) is 5.38 Å². The van der Waals surface area contributed by atoms with E-state index in [-0.39, 0.29) is 5.38 Å². The zero-order valence-electron chi connectivity index (χ0n) is 11.6. The van der Waals surface area contributed by atoms with Gasteiger partial charge in [-0.2, -0.15) is 0 Å². The normalized spacial score (nSPS) is 14.1. The van der Waals surface area contributed by atoms with Crippen LogP contribution in [-0.2, 0) is 6.42 Å². The first kappa shape index (κ1) is 14.1. The molecule has 0 N–H and O–H groups in total. The second-order valence-corrected chi connectivity index (χ2v) is 5.66. The largest absolute Gasteiger partial charge is 0.117 e. The van der Waals surface area contributed by atoms with Gasteiger partial charge in [0, 0.05) is 0 Å². The van der Waals surface area contributed by atoms with Gasteiger partial charge >= 0.3 is 0 Å². The van der Waals surface area contributed by atoms with Crippen molar-refractivity contribution in [1.29, 1.82) is 0 Å². The summed E-state index contributed by atoms with van der Waals surface area (Å²) in [6.45, 7) is 4.48. The lowest BCUT2D eigenvalue weighted by atomic mass is 9.96. The van der Waals surface area contributed by atoms with E-state index in [1.165, 1.54) is 23.1 Å². The van der Waals surface area contributed by atoms with Gasteiger partial charge in [-0.15, -0.1) is 11.6 Å². The Morgan fingerprint density at radius 1 is 0.895 bits per heavy atom. The van der Waals surface area contributed by atoms with E-state index in [4.69, 9.17) is 11.6 Å². The highest BCUT2D eigenvalue weighted by molar-refractivity contribution is 6.20. The summed E-state index contributed by atoms with van der Waals surface area (Å²) in [7, 11) is 0. The van der Waals surface area contributed by atoms with E-state index >= 15 is 0 Å². The fourth-order valence-electron chi connectivity index (χ4n) is 2.21. The zero-order chi connectivity index (χ0) is 13.7. The minimum Gasteiger partial charge on any atom is -0.117 e. The van der Waals surface area contributed by atoms with Crippen LogP contribution in [0.15, 0.2) is 54.6 Å².